The highest BCUT2D eigenvalue weighted by molar-refractivity contribution is 5.76. The summed E-state index contributed by atoms with van der Waals surface area (Å²) in [7, 11) is 0. The second-order valence-electron chi connectivity index (χ2n) is 7.43. The fourth-order valence-electron chi connectivity index (χ4n) is 3.46. The van der Waals surface area contributed by atoms with Gasteiger partial charge in [-0.2, -0.15) is 0 Å². The number of nitrogens with zero attached hydrogens (tertiary/aromatic N) is 1. The molecule has 1 unspecified atom stereocenters. The molecule has 1 heterocycles. The summed E-state index contributed by atoms with van der Waals surface area (Å²) in [6.45, 7) is 2.98. The van der Waals surface area contributed by atoms with Crippen LogP contribution in [0, 0.1) is 0 Å². The number of fused-ring (bicyclic) bond motifs is 1. The lowest BCUT2D eigenvalue weighted by molar-refractivity contribution is 0.448. The molecule has 1 aromatic heterocycles. The Kier molecular flexibility index (Phi) is 9.72. The quantitative estimate of drug-likeness (QED) is 0.428. The highest BCUT2D eigenvalue weighted by atomic mass is 16.3. The second kappa shape index (κ2) is 12.1. The van der Waals surface area contributed by atoms with Gasteiger partial charge in [0.2, 0.25) is 5.89 Å². The van der Waals surface area contributed by atoms with Crippen molar-refractivity contribution in [2.75, 3.05) is 6.54 Å². The second-order valence-corrected chi connectivity index (χ2v) is 7.43. The summed E-state index contributed by atoms with van der Waals surface area (Å²) < 4.78 is 5.92. The van der Waals surface area contributed by atoms with Crippen LogP contribution in [-0.4, -0.2) is 11.5 Å². The van der Waals surface area contributed by atoms with E-state index in [1.165, 1.54) is 56.9 Å². The molecule has 4 nitrogen and oxygen atoms in total. The zero-order chi connectivity index (χ0) is 18.6. The molecule has 0 fully saturated rings. The normalized spacial score (nSPS) is 12.7. The van der Waals surface area contributed by atoms with Gasteiger partial charge >= 0.3 is 0 Å². The molecule has 0 saturated carbocycles. The van der Waals surface area contributed by atoms with Crippen molar-refractivity contribution in [3.05, 3.63) is 29.7 Å². The van der Waals surface area contributed by atoms with Crippen LogP contribution in [-0.2, 0) is 6.42 Å². The number of nitrogens with two attached hydrogens (primary N) is 2. The first-order valence-electron chi connectivity index (χ1n) is 10.6. The third-order valence-corrected chi connectivity index (χ3v) is 5.11. The van der Waals surface area contributed by atoms with Gasteiger partial charge in [-0.05, 0) is 43.9 Å². The number of benzene rings is 1. The van der Waals surface area contributed by atoms with E-state index in [-0.39, 0.29) is 6.04 Å². The molecule has 1 atom stereocenters. The molecule has 0 saturated heterocycles. The Balaban J connectivity index is 1.82. The third-order valence-electron chi connectivity index (χ3n) is 5.11. The molecule has 0 bridgehead atoms. The Morgan fingerprint density at radius 1 is 0.962 bits per heavy atom. The van der Waals surface area contributed by atoms with Gasteiger partial charge in [0.25, 0.3) is 0 Å². The molecule has 0 spiro atoms. The summed E-state index contributed by atoms with van der Waals surface area (Å²) >= 11 is 0. The smallest absolute Gasteiger partial charge is 0.212 e. The van der Waals surface area contributed by atoms with Crippen molar-refractivity contribution >= 4 is 11.1 Å². The van der Waals surface area contributed by atoms with E-state index in [1.54, 1.807) is 0 Å². The van der Waals surface area contributed by atoms with E-state index < -0.39 is 0 Å². The maximum Gasteiger partial charge on any atom is 0.212 e. The van der Waals surface area contributed by atoms with Crippen LogP contribution in [0.15, 0.2) is 22.6 Å². The highest BCUT2D eigenvalue weighted by Gasteiger charge is 2.15. The minimum atomic E-state index is -0.134. The zero-order valence-electron chi connectivity index (χ0n) is 16.5. The molecule has 0 aliphatic rings. The molecule has 0 aliphatic carbocycles. The summed E-state index contributed by atoms with van der Waals surface area (Å²) in [5.74, 6) is 0.667. The van der Waals surface area contributed by atoms with Crippen molar-refractivity contribution in [1.82, 2.24) is 4.98 Å². The maximum atomic E-state index is 6.24. The number of unbranched alkanes of at least 4 members (excludes halogenated alkanes) is 8. The van der Waals surface area contributed by atoms with Crippen LogP contribution in [0.2, 0.25) is 0 Å². The van der Waals surface area contributed by atoms with Crippen molar-refractivity contribution in [3.63, 3.8) is 0 Å². The maximum absolute atomic E-state index is 6.24. The number of aromatic nitrogens is 1. The van der Waals surface area contributed by atoms with E-state index in [0.717, 1.165) is 36.8 Å². The van der Waals surface area contributed by atoms with Gasteiger partial charge in [0, 0.05) is 0 Å². The molecule has 4 N–H and O–H groups in total. The van der Waals surface area contributed by atoms with E-state index >= 15 is 0 Å². The average Bonchev–Trinajstić information content (AvgIpc) is 3.09. The number of oxazole rings is 1. The Hall–Kier alpha value is -1.39. The van der Waals surface area contributed by atoms with Gasteiger partial charge in [-0.1, -0.05) is 70.4 Å². The number of aryl methyl sites for hydroxylation is 1. The predicted molar refractivity (Wildman–Crippen MR) is 110 cm³/mol. The fourth-order valence-corrected chi connectivity index (χ4v) is 3.46. The van der Waals surface area contributed by atoms with Gasteiger partial charge < -0.3 is 15.9 Å². The minimum absolute atomic E-state index is 0.134. The van der Waals surface area contributed by atoms with Gasteiger partial charge in [0.05, 0.1) is 6.04 Å². The molecule has 0 amide bonds. The van der Waals surface area contributed by atoms with Crippen LogP contribution in [0.3, 0.4) is 0 Å². The molecule has 146 valence electrons. The van der Waals surface area contributed by atoms with Crippen molar-refractivity contribution in [3.8, 4) is 0 Å². The average molecular weight is 360 g/mol. The minimum Gasteiger partial charge on any atom is -0.439 e. The Morgan fingerprint density at radius 3 is 2.42 bits per heavy atom. The van der Waals surface area contributed by atoms with E-state index in [1.807, 2.05) is 6.07 Å². The summed E-state index contributed by atoms with van der Waals surface area (Å²) in [6, 6.07) is 6.10. The van der Waals surface area contributed by atoms with Crippen molar-refractivity contribution in [2.24, 2.45) is 11.5 Å². The molecule has 0 radical (unpaired) electrons. The Labute approximate surface area is 158 Å². The van der Waals surface area contributed by atoms with Crippen LogP contribution >= 0.6 is 0 Å². The third kappa shape index (κ3) is 6.73. The van der Waals surface area contributed by atoms with Gasteiger partial charge in [-0.25, -0.2) is 4.98 Å². The number of para-hydroxylation sites is 1. The number of rotatable bonds is 14. The van der Waals surface area contributed by atoms with Gasteiger partial charge in [-0.3, -0.25) is 0 Å². The van der Waals surface area contributed by atoms with Crippen LogP contribution in [0.1, 0.15) is 95.0 Å². The zero-order valence-corrected chi connectivity index (χ0v) is 16.5. The SMILES string of the molecule is CCCCCCCCCCc1cccc2oc(C(N)CCCCN)nc12. The van der Waals surface area contributed by atoms with Gasteiger partial charge in [-0.15, -0.1) is 0 Å². The monoisotopic (exact) mass is 359 g/mol. The summed E-state index contributed by atoms with van der Waals surface area (Å²) in [6.07, 6.45) is 14.7. The molecule has 2 rings (SSSR count). The lowest BCUT2D eigenvalue weighted by Gasteiger charge is -2.05. The summed E-state index contributed by atoms with van der Waals surface area (Å²) in [5.41, 5.74) is 15.0. The summed E-state index contributed by atoms with van der Waals surface area (Å²) in [5, 5.41) is 0. The molecule has 1 aromatic carbocycles. The van der Waals surface area contributed by atoms with Crippen LogP contribution < -0.4 is 11.5 Å². The van der Waals surface area contributed by atoms with Crippen molar-refractivity contribution < 1.29 is 4.42 Å². The number of hydrogen-bond acceptors (Lipinski definition) is 4. The first-order valence-corrected chi connectivity index (χ1v) is 10.6. The van der Waals surface area contributed by atoms with Gasteiger partial charge in [0.1, 0.15) is 5.52 Å². The molecular weight excluding hydrogens is 322 g/mol. The first kappa shape index (κ1) is 20.9. The topological polar surface area (TPSA) is 78.1 Å². The summed E-state index contributed by atoms with van der Waals surface area (Å²) in [4.78, 5) is 4.72. The molecule has 26 heavy (non-hydrogen) atoms. The van der Waals surface area contributed by atoms with Crippen molar-refractivity contribution in [1.29, 1.82) is 0 Å². The van der Waals surface area contributed by atoms with Crippen LogP contribution in [0.4, 0.5) is 0 Å². The van der Waals surface area contributed by atoms with Gasteiger partial charge in [0.15, 0.2) is 5.58 Å². The number of hydrogen-bond donors (Lipinski definition) is 2. The fraction of sp³-hybridized carbons (Fsp3) is 0.682. The standard InChI is InChI=1S/C22H37N3O/c1-2-3-4-5-6-7-8-9-13-18-14-12-16-20-21(18)25-22(26-20)19(24)15-10-11-17-23/h12,14,16,19H,2-11,13,15,17,23-24H2,1H3. The van der Waals surface area contributed by atoms with E-state index in [2.05, 4.69) is 19.1 Å². The molecule has 0 aliphatic heterocycles. The first-order chi connectivity index (χ1) is 12.8. The lowest BCUT2D eigenvalue weighted by Crippen LogP contribution is -2.11. The highest BCUT2D eigenvalue weighted by Crippen LogP contribution is 2.25. The van der Waals surface area contributed by atoms with E-state index in [4.69, 9.17) is 20.9 Å². The lowest BCUT2D eigenvalue weighted by atomic mass is 10.0. The molecular formula is C22H37N3O. The Bertz CT molecular complexity index is 623. The van der Waals surface area contributed by atoms with Crippen LogP contribution in [0.25, 0.3) is 11.1 Å². The largest absolute Gasteiger partial charge is 0.439 e. The van der Waals surface area contributed by atoms with E-state index in [0.29, 0.717) is 12.4 Å². The Morgan fingerprint density at radius 2 is 1.69 bits per heavy atom. The molecule has 2 aromatic rings. The predicted octanol–water partition coefficient (Wildman–Crippen LogP) is 5.64. The van der Waals surface area contributed by atoms with E-state index in [9.17, 15) is 0 Å². The van der Waals surface area contributed by atoms with Crippen LogP contribution in [0.5, 0.6) is 0 Å². The molecule has 4 heteroatoms. The van der Waals surface area contributed by atoms with Crippen molar-refractivity contribution in [2.45, 2.75) is 90.0 Å².